The number of benzene rings is 2. The van der Waals surface area contributed by atoms with E-state index in [1.165, 1.54) is 16.0 Å². The number of para-hydroxylation sites is 2. The van der Waals surface area contributed by atoms with Gasteiger partial charge in [-0.05, 0) is 31.2 Å². The molecular weight excluding hydrogens is 350 g/mol. The lowest BCUT2D eigenvalue weighted by molar-refractivity contribution is 0.103. The Morgan fingerprint density at radius 1 is 0.960 bits per heavy atom. The fourth-order valence-corrected chi connectivity index (χ4v) is 4.60. The molecule has 0 spiro atoms. The highest BCUT2D eigenvalue weighted by atomic mass is 32.1. The molecule has 0 radical (unpaired) electrons. The van der Waals surface area contributed by atoms with Gasteiger partial charge in [0.2, 0.25) is 0 Å². The van der Waals surface area contributed by atoms with E-state index >= 15 is 0 Å². The van der Waals surface area contributed by atoms with Gasteiger partial charge >= 0.3 is 0 Å². The molecule has 124 valence electrons. The van der Waals surface area contributed by atoms with Gasteiger partial charge in [0.05, 0.1) is 22.3 Å². The predicted molar refractivity (Wildman–Crippen MR) is 104 cm³/mol. The Morgan fingerprint density at radius 2 is 1.68 bits per heavy atom. The molecule has 2 aromatic carbocycles. The number of amides is 1. The molecule has 4 nitrogen and oxygen atoms in total. The van der Waals surface area contributed by atoms with Crippen molar-refractivity contribution in [3.05, 3.63) is 75.2 Å². The lowest BCUT2D eigenvalue weighted by atomic mass is 10.3. The van der Waals surface area contributed by atoms with Crippen molar-refractivity contribution in [2.24, 2.45) is 0 Å². The van der Waals surface area contributed by atoms with Crippen LogP contribution in [0.25, 0.3) is 10.2 Å². The Labute approximate surface area is 153 Å². The second-order valence-electron chi connectivity index (χ2n) is 5.59. The summed E-state index contributed by atoms with van der Waals surface area (Å²) in [6.07, 6.45) is 0.656. The van der Waals surface area contributed by atoms with Crippen molar-refractivity contribution in [3.8, 4) is 0 Å². The fraction of sp³-hybridized carbons (Fsp3) is 0.105. The zero-order chi connectivity index (χ0) is 17.2. The summed E-state index contributed by atoms with van der Waals surface area (Å²) in [5, 5.41) is 4.85. The number of rotatable bonds is 4. The third-order valence-electron chi connectivity index (χ3n) is 3.72. The molecule has 0 fully saturated rings. The van der Waals surface area contributed by atoms with Gasteiger partial charge in [0.25, 0.3) is 5.91 Å². The molecule has 6 heteroatoms. The Morgan fingerprint density at radius 3 is 2.48 bits per heavy atom. The molecule has 0 aliphatic rings. The average Bonchev–Trinajstić information content (AvgIpc) is 3.18. The molecular formula is C19H15N3OS2. The summed E-state index contributed by atoms with van der Waals surface area (Å²) in [6, 6.07) is 17.6. The molecule has 4 aromatic rings. The maximum absolute atomic E-state index is 12.5. The number of fused-ring (bicyclic) bond motifs is 1. The normalized spacial score (nSPS) is 10.9. The summed E-state index contributed by atoms with van der Waals surface area (Å²) < 4.78 is 1.17. The first kappa shape index (κ1) is 15.9. The van der Waals surface area contributed by atoms with Gasteiger partial charge in [-0.25, -0.2) is 9.97 Å². The molecule has 0 bridgehead atoms. The average molecular weight is 365 g/mol. The molecule has 1 N–H and O–H groups in total. The van der Waals surface area contributed by atoms with E-state index in [9.17, 15) is 4.79 Å². The van der Waals surface area contributed by atoms with Crippen LogP contribution in [0.5, 0.6) is 0 Å². The lowest BCUT2D eigenvalue weighted by Crippen LogP contribution is -2.11. The van der Waals surface area contributed by atoms with E-state index < -0.39 is 0 Å². The first-order valence-corrected chi connectivity index (χ1v) is 9.49. The van der Waals surface area contributed by atoms with E-state index in [2.05, 4.69) is 21.4 Å². The van der Waals surface area contributed by atoms with E-state index in [1.807, 2.05) is 55.5 Å². The van der Waals surface area contributed by atoms with Crippen LogP contribution in [0.4, 0.5) is 5.69 Å². The lowest BCUT2D eigenvalue weighted by Gasteiger charge is -2.02. The van der Waals surface area contributed by atoms with Crippen LogP contribution in [0.1, 0.15) is 25.4 Å². The number of hydrogen-bond acceptors (Lipinski definition) is 5. The van der Waals surface area contributed by atoms with Gasteiger partial charge in [0.1, 0.15) is 14.9 Å². The molecule has 1 amide bonds. The molecule has 25 heavy (non-hydrogen) atoms. The minimum Gasteiger partial charge on any atom is -0.321 e. The minimum absolute atomic E-state index is 0.114. The number of hydrogen-bond donors (Lipinski definition) is 1. The second-order valence-corrected chi connectivity index (χ2v) is 7.79. The highest BCUT2D eigenvalue weighted by Crippen LogP contribution is 2.26. The van der Waals surface area contributed by atoms with Crippen molar-refractivity contribution in [2.75, 3.05) is 5.32 Å². The monoisotopic (exact) mass is 365 g/mol. The molecule has 0 atom stereocenters. The summed E-state index contributed by atoms with van der Waals surface area (Å²) >= 11 is 3.11. The predicted octanol–water partition coefficient (Wildman–Crippen LogP) is 4.90. The summed E-state index contributed by atoms with van der Waals surface area (Å²) in [4.78, 5) is 22.3. The molecule has 0 saturated carbocycles. The molecule has 2 heterocycles. The SMILES string of the molecule is Cc1nc(Cc2nc3ccccc3s2)sc1C(=O)Nc1ccccc1. The zero-order valence-corrected chi connectivity index (χ0v) is 15.2. The Kier molecular flexibility index (Phi) is 4.29. The summed E-state index contributed by atoms with van der Waals surface area (Å²) in [7, 11) is 0. The van der Waals surface area contributed by atoms with Crippen LogP contribution in [0.15, 0.2) is 54.6 Å². The van der Waals surface area contributed by atoms with E-state index in [1.54, 1.807) is 11.3 Å². The van der Waals surface area contributed by atoms with Crippen LogP contribution in [-0.2, 0) is 6.42 Å². The fourth-order valence-electron chi connectivity index (χ4n) is 2.57. The van der Waals surface area contributed by atoms with Crippen molar-refractivity contribution < 1.29 is 4.79 Å². The summed E-state index contributed by atoms with van der Waals surface area (Å²) in [5.41, 5.74) is 2.56. The van der Waals surface area contributed by atoms with Crippen LogP contribution in [0.3, 0.4) is 0 Å². The van der Waals surface area contributed by atoms with Crippen molar-refractivity contribution in [2.45, 2.75) is 13.3 Å². The van der Waals surface area contributed by atoms with Gasteiger partial charge < -0.3 is 5.32 Å². The van der Waals surface area contributed by atoms with E-state index in [4.69, 9.17) is 0 Å². The second kappa shape index (κ2) is 6.74. The van der Waals surface area contributed by atoms with Gasteiger partial charge in [0.15, 0.2) is 0 Å². The third-order valence-corrected chi connectivity index (χ3v) is 5.91. The number of anilines is 1. The van der Waals surface area contributed by atoms with Crippen LogP contribution in [0, 0.1) is 6.92 Å². The Bertz CT molecular complexity index is 1000. The molecule has 0 unspecified atom stereocenters. The third kappa shape index (κ3) is 3.45. The molecule has 4 rings (SSSR count). The van der Waals surface area contributed by atoms with Crippen LogP contribution >= 0.6 is 22.7 Å². The quantitative estimate of drug-likeness (QED) is 0.559. The van der Waals surface area contributed by atoms with Crippen LogP contribution in [-0.4, -0.2) is 15.9 Å². The Balaban J connectivity index is 1.54. The highest BCUT2D eigenvalue weighted by molar-refractivity contribution is 7.19. The number of carbonyl (C=O) groups is 1. The first-order chi connectivity index (χ1) is 12.2. The molecule has 0 aliphatic heterocycles. The molecule has 2 aromatic heterocycles. The smallest absolute Gasteiger partial charge is 0.267 e. The molecule has 0 aliphatic carbocycles. The van der Waals surface area contributed by atoms with Gasteiger partial charge in [-0.3, -0.25) is 4.79 Å². The van der Waals surface area contributed by atoms with Gasteiger partial charge in [-0.2, -0.15) is 0 Å². The standard InChI is InChI=1S/C19H15N3OS2/c1-12-18(19(23)21-13-7-3-2-4-8-13)25-16(20-12)11-17-22-14-9-5-6-10-15(14)24-17/h2-10H,11H2,1H3,(H,21,23). The van der Waals surface area contributed by atoms with Crippen molar-refractivity contribution >= 4 is 44.5 Å². The Hall–Kier alpha value is -2.57. The van der Waals surface area contributed by atoms with Gasteiger partial charge in [0, 0.05) is 5.69 Å². The maximum atomic E-state index is 12.5. The van der Waals surface area contributed by atoms with Crippen molar-refractivity contribution in [1.29, 1.82) is 0 Å². The summed E-state index contributed by atoms with van der Waals surface area (Å²) in [6.45, 7) is 1.87. The first-order valence-electron chi connectivity index (χ1n) is 7.86. The van der Waals surface area contributed by atoms with Gasteiger partial charge in [-0.1, -0.05) is 30.3 Å². The van der Waals surface area contributed by atoms with E-state index in [0.717, 1.165) is 26.9 Å². The minimum atomic E-state index is -0.114. The number of nitrogens with one attached hydrogen (secondary N) is 1. The van der Waals surface area contributed by atoms with E-state index in [-0.39, 0.29) is 5.91 Å². The van der Waals surface area contributed by atoms with Gasteiger partial charge in [-0.15, -0.1) is 22.7 Å². The largest absolute Gasteiger partial charge is 0.321 e. The molecule has 0 saturated heterocycles. The van der Waals surface area contributed by atoms with Crippen molar-refractivity contribution in [1.82, 2.24) is 9.97 Å². The number of thiazole rings is 2. The van der Waals surface area contributed by atoms with E-state index in [0.29, 0.717) is 11.3 Å². The summed E-state index contributed by atoms with van der Waals surface area (Å²) in [5.74, 6) is -0.114. The van der Waals surface area contributed by atoms with Crippen LogP contribution < -0.4 is 5.32 Å². The zero-order valence-electron chi connectivity index (χ0n) is 13.5. The van der Waals surface area contributed by atoms with Crippen molar-refractivity contribution in [3.63, 3.8) is 0 Å². The number of aromatic nitrogens is 2. The number of aryl methyl sites for hydroxylation is 1. The number of carbonyl (C=O) groups excluding carboxylic acids is 1. The maximum Gasteiger partial charge on any atom is 0.267 e. The topological polar surface area (TPSA) is 54.9 Å². The highest BCUT2D eigenvalue weighted by Gasteiger charge is 2.16. The van der Waals surface area contributed by atoms with Crippen LogP contribution in [0.2, 0.25) is 0 Å². The number of nitrogens with zero attached hydrogens (tertiary/aromatic N) is 2.